The monoisotopic (exact) mass is 289 g/mol. The third-order valence-corrected chi connectivity index (χ3v) is 3.92. The van der Waals surface area contributed by atoms with E-state index in [1.54, 1.807) is 6.07 Å². The van der Waals surface area contributed by atoms with Crippen LogP contribution in [0.4, 0.5) is 5.13 Å². The molecule has 3 rings (SSSR count). The van der Waals surface area contributed by atoms with Crippen LogP contribution in [0, 0.1) is 0 Å². The normalized spacial score (nSPS) is 14.1. The van der Waals surface area contributed by atoms with Gasteiger partial charge in [-0.2, -0.15) is 0 Å². The summed E-state index contributed by atoms with van der Waals surface area (Å²) in [5.41, 5.74) is 0.535. The first kappa shape index (κ1) is 13.1. The predicted molar refractivity (Wildman–Crippen MR) is 77.3 cm³/mol. The van der Waals surface area contributed by atoms with Crippen molar-refractivity contribution in [2.75, 3.05) is 5.32 Å². The molecule has 6 heteroatoms. The minimum Gasteiger partial charge on any atom is -0.490 e. The third kappa shape index (κ3) is 2.96. The summed E-state index contributed by atoms with van der Waals surface area (Å²) in [5.74, 6) is 0.424. The molecule has 0 aliphatic heterocycles. The molecule has 1 aromatic heterocycles. The van der Waals surface area contributed by atoms with Gasteiger partial charge < -0.3 is 4.74 Å². The molecule has 104 valence electrons. The van der Waals surface area contributed by atoms with E-state index in [0.717, 1.165) is 24.3 Å². The molecule has 1 heterocycles. The zero-order valence-corrected chi connectivity index (χ0v) is 11.9. The van der Waals surface area contributed by atoms with Gasteiger partial charge in [-0.05, 0) is 31.4 Å². The number of hydrogen-bond acceptors (Lipinski definition) is 5. The molecule has 0 bridgehead atoms. The summed E-state index contributed by atoms with van der Waals surface area (Å²) in [5, 5.41) is 12.1. The number of carbonyl (C=O) groups excluding carboxylic acids is 1. The molecule has 0 radical (unpaired) electrons. The smallest absolute Gasteiger partial charge is 0.261 e. The molecule has 5 nitrogen and oxygen atoms in total. The lowest BCUT2D eigenvalue weighted by atomic mass is 10.2. The molecule has 1 amide bonds. The van der Waals surface area contributed by atoms with Crippen LogP contribution in [0.15, 0.2) is 24.3 Å². The van der Waals surface area contributed by atoms with Gasteiger partial charge in [0.2, 0.25) is 5.13 Å². The van der Waals surface area contributed by atoms with Crippen LogP contribution in [0.5, 0.6) is 5.75 Å². The van der Waals surface area contributed by atoms with Crippen molar-refractivity contribution in [1.82, 2.24) is 10.2 Å². The van der Waals surface area contributed by atoms with E-state index >= 15 is 0 Å². The SMILES string of the molecule is CCc1nnc(NC(=O)c2ccccc2OC2CC2)s1. The number of nitrogens with one attached hydrogen (secondary N) is 1. The van der Waals surface area contributed by atoms with Crippen molar-refractivity contribution in [3.8, 4) is 5.75 Å². The summed E-state index contributed by atoms with van der Waals surface area (Å²) >= 11 is 1.39. The van der Waals surface area contributed by atoms with Gasteiger partial charge in [0.25, 0.3) is 5.91 Å². The Bertz CT molecular complexity index is 622. The Morgan fingerprint density at radius 1 is 1.40 bits per heavy atom. The molecule has 1 fully saturated rings. The molecule has 1 N–H and O–H groups in total. The highest BCUT2D eigenvalue weighted by Gasteiger charge is 2.25. The predicted octanol–water partition coefficient (Wildman–Crippen LogP) is 2.89. The summed E-state index contributed by atoms with van der Waals surface area (Å²) < 4.78 is 5.75. The highest BCUT2D eigenvalue weighted by Crippen LogP contribution is 2.29. The largest absolute Gasteiger partial charge is 0.490 e. The molecule has 1 aliphatic rings. The number of anilines is 1. The summed E-state index contributed by atoms with van der Waals surface area (Å²) in [6, 6.07) is 7.28. The summed E-state index contributed by atoms with van der Waals surface area (Å²) in [6.07, 6.45) is 3.20. The number of hydrogen-bond donors (Lipinski definition) is 1. The van der Waals surface area contributed by atoms with Crippen LogP contribution in [0.25, 0.3) is 0 Å². The summed E-state index contributed by atoms with van der Waals surface area (Å²) in [4.78, 5) is 12.3. The van der Waals surface area contributed by atoms with E-state index in [0.29, 0.717) is 16.4 Å². The van der Waals surface area contributed by atoms with Crippen molar-refractivity contribution in [1.29, 1.82) is 0 Å². The zero-order chi connectivity index (χ0) is 13.9. The number of para-hydroxylation sites is 1. The average molecular weight is 289 g/mol. The Labute approximate surface area is 121 Å². The van der Waals surface area contributed by atoms with Crippen molar-refractivity contribution in [3.63, 3.8) is 0 Å². The van der Waals surface area contributed by atoms with Crippen LogP contribution in [0.3, 0.4) is 0 Å². The molecular formula is C14H15N3O2S. The lowest BCUT2D eigenvalue weighted by molar-refractivity contribution is 0.102. The molecular weight excluding hydrogens is 274 g/mol. The highest BCUT2D eigenvalue weighted by molar-refractivity contribution is 7.15. The number of nitrogens with zero attached hydrogens (tertiary/aromatic N) is 2. The van der Waals surface area contributed by atoms with Gasteiger partial charge in [-0.15, -0.1) is 10.2 Å². The Morgan fingerprint density at radius 2 is 2.20 bits per heavy atom. The Morgan fingerprint density at radius 3 is 2.90 bits per heavy atom. The van der Waals surface area contributed by atoms with E-state index in [-0.39, 0.29) is 12.0 Å². The highest BCUT2D eigenvalue weighted by atomic mass is 32.1. The van der Waals surface area contributed by atoms with Crippen LogP contribution in [-0.2, 0) is 6.42 Å². The number of rotatable bonds is 5. The van der Waals surface area contributed by atoms with Crippen LogP contribution < -0.4 is 10.1 Å². The number of carbonyl (C=O) groups is 1. The lowest BCUT2D eigenvalue weighted by Crippen LogP contribution is -2.14. The first-order valence-electron chi connectivity index (χ1n) is 6.65. The van der Waals surface area contributed by atoms with E-state index in [1.807, 2.05) is 25.1 Å². The van der Waals surface area contributed by atoms with Crippen molar-refractivity contribution in [2.45, 2.75) is 32.3 Å². The van der Waals surface area contributed by atoms with Gasteiger partial charge in [0.1, 0.15) is 10.8 Å². The van der Waals surface area contributed by atoms with Crippen molar-refractivity contribution >= 4 is 22.4 Å². The first-order chi connectivity index (χ1) is 9.76. The fourth-order valence-corrected chi connectivity index (χ4v) is 2.41. The van der Waals surface area contributed by atoms with Gasteiger partial charge in [0.05, 0.1) is 11.7 Å². The van der Waals surface area contributed by atoms with Gasteiger partial charge in [0, 0.05) is 0 Å². The van der Waals surface area contributed by atoms with E-state index in [9.17, 15) is 4.79 Å². The molecule has 0 atom stereocenters. The minimum absolute atomic E-state index is 0.208. The number of amides is 1. The van der Waals surface area contributed by atoms with Crippen LogP contribution in [-0.4, -0.2) is 22.2 Å². The maximum Gasteiger partial charge on any atom is 0.261 e. The van der Waals surface area contributed by atoms with Crippen LogP contribution in [0.1, 0.15) is 35.1 Å². The minimum atomic E-state index is -0.208. The van der Waals surface area contributed by atoms with E-state index in [2.05, 4.69) is 15.5 Å². The lowest BCUT2D eigenvalue weighted by Gasteiger charge is -2.09. The van der Waals surface area contributed by atoms with Gasteiger partial charge in [-0.1, -0.05) is 30.4 Å². The summed E-state index contributed by atoms with van der Waals surface area (Å²) in [7, 11) is 0. The molecule has 1 saturated carbocycles. The van der Waals surface area contributed by atoms with Crippen molar-refractivity contribution in [3.05, 3.63) is 34.8 Å². The van der Waals surface area contributed by atoms with Gasteiger partial charge >= 0.3 is 0 Å². The average Bonchev–Trinajstić information content (AvgIpc) is 3.16. The molecule has 1 aliphatic carbocycles. The molecule has 1 aromatic carbocycles. The first-order valence-corrected chi connectivity index (χ1v) is 7.47. The van der Waals surface area contributed by atoms with E-state index in [4.69, 9.17) is 4.74 Å². The maximum atomic E-state index is 12.3. The van der Waals surface area contributed by atoms with Crippen molar-refractivity contribution < 1.29 is 9.53 Å². The Kier molecular flexibility index (Phi) is 3.64. The fourth-order valence-electron chi connectivity index (χ4n) is 1.73. The number of aryl methyl sites for hydroxylation is 1. The van der Waals surface area contributed by atoms with E-state index in [1.165, 1.54) is 11.3 Å². The second-order valence-corrected chi connectivity index (χ2v) is 5.68. The molecule has 20 heavy (non-hydrogen) atoms. The van der Waals surface area contributed by atoms with Gasteiger partial charge in [0.15, 0.2) is 0 Å². The topological polar surface area (TPSA) is 64.1 Å². The molecule has 0 saturated heterocycles. The quantitative estimate of drug-likeness (QED) is 0.919. The molecule has 0 spiro atoms. The number of aromatic nitrogens is 2. The van der Waals surface area contributed by atoms with Crippen LogP contribution >= 0.6 is 11.3 Å². The second-order valence-electron chi connectivity index (χ2n) is 4.62. The van der Waals surface area contributed by atoms with Gasteiger partial charge in [-0.3, -0.25) is 10.1 Å². The fraction of sp³-hybridized carbons (Fsp3) is 0.357. The molecule has 0 unspecified atom stereocenters. The summed E-state index contributed by atoms with van der Waals surface area (Å²) in [6.45, 7) is 2.00. The van der Waals surface area contributed by atoms with Crippen molar-refractivity contribution in [2.24, 2.45) is 0 Å². The zero-order valence-electron chi connectivity index (χ0n) is 11.1. The molecule has 2 aromatic rings. The standard InChI is InChI=1S/C14H15N3O2S/c1-2-12-16-17-14(20-12)15-13(18)10-5-3-4-6-11(10)19-9-7-8-9/h3-6,9H,2,7-8H2,1H3,(H,15,17,18). The van der Waals surface area contributed by atoms with E-state index < -0.39 is 0 Å². The number of ether oxygens (including phenoxy) is 1. The third-order valence-electron chi connectivity index (χ3n) is 2.94. The van der Waals surface area contributed by atoms with Crippen LogP contribution in [0.2, 0.25) is 0 Å². The van der Waals surface area contributed by atoms with Gasteiger partial charge in [-0.25, -0.2) is 0 Å². The Balaban J connectivity index is 1.75. The number of benzene rings is 1. The second kappa shape index (κ2) is 5.58. The Hall–Kier alpha value is -1.95. The maximum absolute atomic E-state index is 12.3.